The highest BCUT2D eigenvalue weighted by molar-refractivity contribution is 5.68. The van der Waals surface area contributed by atoms with Gasteiger partial charge < -0.3 is 10.1 Å². The van der Waals surface area contributed by atoms with Gasteiger partial charge in [0.2, 0.25) is 0 Å². The highest BCUT2D eigenvalue weighted by atomic mass is 19.1. The van der Waals surface area contributed by atoms with E-state index in [1.165, 1.54) is 17.2 Å². The molecule has 0 saturated heterocycles. The van der Waals surface area contributed by atoms with Crippen molar-refractivity contribution in [3.63, 3.8) is 0 Å². The zero-order valence-electron chi connectivity index (χ0n) is 15.7. The number of halogens is 1. The summed E-state index contributed by atoms with van der Waals surface area (Å²) in [5.41, 5.74) is 7.50. The number of nitrogens with one attached hydrogen (secondary N) is 1. The summed E-state index contributed by atoms with van der Waals surface area (Å²) < 4.78 is 19.2. The molecule has 0 aliphatic heterocycles. The molecule has 1 N–H and O–H groups in total. The predicted molar refractivity (Wildman–Crippen MR) is 106 cm³/mol. The fourth-order valence-electron chi connectivity index (χ4n) is 3.38. The normalized spacial score (nSPS) is 10.7. The van der Waals surface area contributed by atoms with E-state index in [1.54, 1.807) is 19.2 Å². The molecule has 0 aliphatic carbocycles. The van der Waals surface area contributed by atoms with Crippen LogP contribution in [-0.2, 0) is 6.54 Å². The van der Waals surface area contributed by atoms with Crippen molar-refractivity contribution in [2.75, 3.05) is 12.4 Å². The van der Waals surface area contributed by atoms with Gasteiger partial charge in [0.05, 0.1) is 7.11 Å². The minimum Gasteiger partial charge on any atom is -0.496 e. The Bertz CT molecular complexity index is 913. The van der Waals surface area contributed by atoms with Crippen LogP contribution in [0.4, 0.5) is 10.1 Å². The molecule has 0 heterocycles. The van der Waals surface area contributed by atoms with Crippen molar-refractivity contribution in [1.29, 1.82) is 0 Å². The zero-order valence-corrected chi connectivity index (χ0v) is 15.7. The minimum atomic E-state index is -0.230. The number of ether oxygens (including phenoxy) is 1. The lowest BCUT2D eigenvalue weighted by Crippen LogP contribution is -2.05. The minimum absolute atomic E-state index is 0.230. The Labute approximate surface area is 154 Å². The zero-order chi connectivity index (χ0) is 18.7. The topological polar surface area (TPSA) is 21.3 Å². The number of rotatable bonds is 5. The second-order valence-electron chi connectivity index (χ2n) is 6.62. The maximum absolute atomic E-state index is 13.6. The Balaban J connectivity index is 1.97. The summed E-state index contributed by atoms with van der Waals surface area (Å²) in [6.45, 7) is 6.85. The van der Waals surface area contributed by atoms with Gasteiger partial charge in [-0.15, -0.1) is 0 Å². The molecule has 0 aromatic heterocycles. The van der Waals surface area contributed by atoms with E-state index in [-0.39, 0.29) is 5.82 Å². The smallest absolute Gasteiger partial charge is 0.126 e. The van der Waals surface area contributed by atoms with Crippen molar-refractivity contribution in [2.24, 2.45) is 0 Å². The van der Waals surface area contributed by atoms with Crippen molar-refractivity contribution in [3.05, 3.63) is 82.7 Å². The second-order valence-corrected chi connectivity index (χ2v) is 6.62. The van der Waals surface area contributed by atoms with Crippen LogP contribution in [0, 0.1) is 26.6 Å². The summed E-state index contributed by atoms with van der Waals surface area (Å²) in [5.74, 6) is 0.634. The molecule has 3 aromatic carbocycles. The van der Waals surface area contributed by atoms with Crippen LogP contribution >= 0.6 is 0 Å². The van der Waals surface area contributed by atoms with E-state index in [9.17, 15) is 4.39 Å². The first kappa shape index (κ1) is 18.0. The molecule has 2 nitrogen and oxygen atoms in total. The average Bonchev–Trinajstić information content (AvgIpc) is 2.61. The van der Waals surface area contributed by atoms with Gasteiger partial charge in [-0.2, -0.15) is 0 Å². The number of aryl methyl sites for hydroxylation is 3. The highest BCUT2D eigenvalue weighted by Crippen LogP contribution is 2.32. The van der Waals surface area contributed by atoms with E-state index in [0.717, 1.165) is 33.7 Å². The van der Waals surface area contributed by atoms with Crippen LogP contribution in [0.1, 0.15) is 22.3 Å². The summed E-state index contributed by atoms with van der Waals surface area (Å²) in [6, 6.07) is 17.0. The summed E-state index contributed by atoms with van der Waals surface area (Å²) in [7, 11) is 1.69. The van der Waals surface area contributed by atoms with Crippen LogP contribution in [-0.4, -0.2) is 7.11 Å². The van der Waals surface area contributed by atoms with Gasteiger partial charge in [0, 0.05) is 17.8 Å². The number of anilines is 1. The van der Waals surface area contributed by atoms with Crippen LogP contribution in [0.3, 0.4) is 0 Å². The van der Waals surface area contributed by atoms with Crippen LogP contribution in [0.2, 0.25) is 0 Å². The second kappa shape index (κ2) is 7.61. The third kappa shape index (κ3) is 3.72. The number of benzene rings is 3. The van der Waals surface area contributed by atoms with E-state index in [1.807, 2.05) is 19.1 Å². The highest BCUT2D eigenvalue weighted by Gasteiger charge is 2.11. The molecule has 3 heteroatoms. The van der Waals surface area contributed by atoms with E-state index in [2.05, 4.69) is 43.4 Å². The number of hydrogen-bond acceptors (Lipinski definition) is 2. The molecular formula is C23H24FNO. The summed E-state index contributed by atoms with van der Waals surface area (Å²) >= 11 is 0. The Morgan fingerprint density at radius 2 is 1.54 bits per heavy atom. The maximum Gasteiger partial charge on any atom is 0.126 e. The molecule has 0 aliphatic rings. The monoisotopic (exact) mass is 349 g/mol. The molecule has 0 amide bonds. The Kier molecular flexibility index (Phi) is 5.27. The van der Waals surface area contributed by atoms with Crippen molar-refractivity contribution in [2.45, 2.75) is 27.3 Å². The average molecular weight is 349 g/mol. The number of hydrogen-bond donors (Lipinski definition) is 1. The molecular weight excluding hydrogens is 325 g/mol. The Morgan fingerprint density at radius 3 is 2.19 bits per heavy atom. The van der Waals surface area contributed by atoms with Gasteiger partial charge in [-0.05, 0) is 72.9 Å². The van der Waals surface area contributed by atoms with Gasteiger partial charge >= 0.3 is 0 Å². The summed E-state index contributed by atoms with van der Waals surface area (Å²) in [4.78, 5) is 0. The summed E-state index contributed by atoms with van der Waals surface area (Å²) in [5, 5.41) is 3.54. The van der Waals surface area contributed by atoms with Gasteiger partial charge in [-0.3, -0.25) is 0 Å². The quantitative estimate of drug-likeness (QED) is 0.606. The molecule has 0 unspecified atom stereocenters. The molecule has 3 aromatic rings. The molecule has 26 heavy (non-hydrogen) atoms. The maximum atomic E-state index is 13.6. The number of para-hydroxylation sites is 1. The molecule has 0 saturated carbocycles. The molecule has 0 radical (unpaired) electrons. The van der Waals surface area contributed by atoms with Crippen molar-refractivity contribution in [1.82, 2.24) is 0 Å². The first-order valence-corrected chi connectivity index (χ1v) is 8.73. The van der Waals surface area contributed by atoms with Crippen molar-refractivity contribution >= 4 is 5.69 Å². The molecule has 134 valence electrons. The first-order valence-electron chi connectivity index (χ1n) is 8.73. The van der Waals surface area contributed by atoms with E-state index in [4.69, 9.17) is 4.74 Å². The molecule has 0 fully saturated rings. The largest absolute Gasteiger partial charge is 0.496 e. The van der Waals surface area contributed by atoms with Crippen molar-refractivity contribution in [3.8, 4) is 16.9 Å². The number of methoxy groups -OCH3 is 1. The first-order chi connectivity index (χ1) is 12.5. The van der Waals surface area contributed by atoms with Gasteiger partial charge in [-0.25, -0.2) is 4.39 Å². The van der Waals surface area contributed by atoms with Gasteiger partial charge in [0.25, 0.3) is 0 Å². The van der Waals surface area contributed by atoms with Gasteiger partial charge in [-0.1, -0.05) is 30.3 Å². The SMILES string of the molecule is COc1c(C)cc(-c2cccc(F)c2)cc1CNc1c(C)cccc1C. The molecule has 0 spiro atoms. The van der Waals surface area contributed by atoms with Crippen LogP contribution in [0.15, 0.2) is 54.6 Å². The van der Waals surface area contributed by atoms with Crippen LogP contribution in [0.25, 0.3) is 11.1 Å². The van der Waals surface area contributed by atoms with Crippen LogP contribution in [0.5, 0.6) is 5.75 Å². The fraction of sp³-hybridized carbons (Fsp3) is 0.217. The Morgan fingerprint density at radius 1 is 0.846 bits per heavy atom. The summed E-state index contributed by atoms with van der Waals surface area (Å²) in [6.07, 6.45) is 0. The molecule has 3 rings (SSSR count). The standard InChI is InChI=1S/C23H24FNO/c1-15-7-5-8-16(2)22(15)25-14-20-12-19(11-17(3)23(20)26-4)18-9-6-10-21(24)13-18/h5-13,25H,14H2,1-4H3. The lowest BCUT2D eigenvalue weighted by molar-refractivity contribution is 0.407. The van der Waals surface area contributed by atoms with Gasteiger partial charge in [0.1, 0.15) is 11.6 Å². The van der Waals surface area contributed by atoms with Gasteiger partial charge in [0.15, 0.2) is 0 Å². The molecule has 0 atom stereocenters. The lowest BCUT2D eigenvalue weighted by atomic mass is 9.98. The van der Waals surface area contributed by atoms with E-state index >= 15 is 0 Å². The molecule has 0 bridgehead atoms. The Hall–Kier alpha value is -2.81. The third-order valence-electron chi connectivity index (χ3n) is 4.65. The predicted octanol–water partition coefficient (Wildman–Crippen LogP) is 6.04. The van der Waals surface area contributed by atoms with E-state index in [0.29, 0.717) is 6.54 Å². The van der Waals surface area contributed by atoms with Crippen molar-refractivity contribution < 1.29 is 9.13 Å². The van der Waals surface area contributed by atoms with Crippen LogP contribution < -0.4 is 10.1 Å². The fourth-order valence-corrected chi connectivity index (χ4v) is 3.38. The van der Waals surface area contributed by atoms with E-state index < -0.39 is 0 Å². The third-order valence-corrected chi connectivity index (χ3v) is 4.65. The lowest BCUT2D eigenvalue weighted by Gasteiger charge is -2.17.